The van der Waals surface area contributed by atoms with Crippen molar-refractivity contribution >= 4 is 5.97 Å². The molecule has 2 fully saturated rings. The predicted octanol–water partition coefficient (Wildman–Crippen LogP) is 1.19. The van der Waals surface area contributed by atoms with Gasteiger partial charge in [-0.05, 0) is 18.8 Å². The molecular formula is C10H17NO2. The summed E-state index contributed by atoms with van der Waals surface area (Å²) < 4.78 is 0. The van der Waals surface area contributed by atoms with Crippen LogP contribution >= 0.6 is 0 Å². The molecule has 1 aliphatic carbocycles. The topological polar surface area (TPSA) is 40.5 Å². The molecule has 1 atom stereocenters. The molecule has 74 valence electrons. The molecule has 1 heterocycles. The standard InChI is InChI=1S/C10H17NO2/c1-7(10(12)13)8-5-11(6-8)9-3-2-4-9/h7-9H,2-6H2,1H3,(H,12,13). The van der Waals surface area contributed by atoms with E-state index in [1.807, 2.05) is 6.92 Å². The van der Waals surface area contributed by atoms with Gasteiger partial charge in [-0.15, -0.1) is 0 Å². The number of carbonyl (C=O) groups is 1. The molecule has 2 rings (SSSR count). The molecule has 1 aliphatic heterocycles. The summed E-state index contributed by atoms with van der Waals surface area (Å²) in [7, 11) is 0. The minimum atomic E-state index is -0.641. The fraction of sp³-hybridized carbons (Fsp3) is 0.900. The van der Waals surface area contributed by atoms with Crippen LogP contribution in [-0.4, -0.2) is 35.1 Å². The van der Waals surface area contributed by atoms with E-state index in [-0.39, 0.29) is 5.92 Å². The van der Waals surface area contributed by atoms with E-state index in [0.29, 0.717) is 5.92 Å². The van der Waals surface area contributed by atoms with Gasteiger partial charge in [0.1, 0.15) is 0 Å². The number of rotatable bonds is 3. The van der Waals surface area contributed by atoms with E-state index in [4.69, 9.17) is 5.11 Å². The molecule has 1 saturated heterocycles. The summed E-state index contributed by atoms with van der Waals surface area (Å²) >= 11 is 0. The summed E-state index contributed by atoms with van der Waals surface area (Å²) in [6.07, 6.45) is 4.02. The molecule has 0 aromatic carbocycles. The maximum Gasteiger partial charge on any atom is 0.306 e. The lowest BCUT2D eigenvalue weighted by atomic mass is 9.81. The lowest BCUT2D eigenvalue weighted by molar-refractivity contribution is -0.146. The number of hydrogen-bond donors (Lipinski definition) is 1. The van der Waals surface area contributed by atoms with Crippen LogP contribution in [-0.2, 0) is 4.79 Å². The highest BCUT2D eigenvalue weighted by Crippen LogP contribution is 2.33. The van der Waals surface area contributed by atoms with Gasteiger partial charge in [0.2, 0.25) is 0 Å². The average Bonchev–Trinajstić information content (AvgIpc) is 1.90. The molecule has 0 spiro atoms. The number of carboxylic acid groups (broad SMARTS) is 1. The largest absolute Gasteiger partial charge is 0.481 e. The Morgan fingerprint density at radius 1 is 1.46 bits per heavy atom. The van der Waals surface area contributed by atoms with Gasteiger partial charge in [-0.2, -0.15) is 0 Å². The normalized spacial score (nSPS) is 27.8. The highest BCUT2D eigenvalue weighted by atomic mass is 16.4. The number of nitrogens with zero attached hydrogens (tertiary/aromatic N) is 1. The molecule has 2 aliphatic rings. The van der Waals surface area contributed by atoms with Crippen LogP contribution in [0.5, 0.6) is 0 Å². The quantitative estimate of drug-likeness (QED) is 0.714. The van der Waals surface area contributed by atoms with Gasteiger partial charge in [0.15, 0.2) is 0 Å². The monoisotopic (exact) mass is 183 g/mol. The SMILES string of the molecule is CC(C(=O)O)C1CN(C2CCC2)C1. The van der Waals surface area contributed by atoms with E-state index in [0.717, 1.165) is 19.1 Å². The van der Waals surface area contributed by atoms with Gasteiger partial charge >= 0.3 is 5.97 Å². The van der Waals surface area contributed by atoms with E-state index in [2.05, 4.69) is 4.90 Å². The van der Waals surface area contributed by atoms with Gasteiger partial charge in [-0.1, -0.05) is 13.3 Å². The van der Waals surface area contributed by atoms with Crippen LogP contribution in [0, 0.1) is 11.8 Å². The van der Waals surface area contributed by atoms with E-state index < -0.39 is 5.97 Å². The Hall–Kier alpha value is -0.570. The number of likely N-dealkylation sites (tertiary alicyclic amines) is 1. The van der Waals surface area contributed by atoms with Crippen LogP contribution in [0.2, 0.25) is 0 Å². The summed E-state index contributed by atoms with van der Waals surface area (Å²) in [5, 5.41) is 8.79. The van der Waals surface area contributed by atoms with E-state index >= 15 is 0 Å². The zero-order valence-corrected chi connectivity index (χ0v) is 8.07. The lowest BCUT2D eigenvalue weighted by Gasteiger charge is -2.49. The molecule has 3 heteroatoms. The van der Waals surface area contributed by atoms with Crippen molar-refractivity contribution in [2.75, 3.05) is 13.1 Å². The maximum atomic E-state index is 10.7. The Bertz CT molecular complexity index is 207. The van der Waals surface area contributed by atoms with Crippen molar-refractivity contribution in [3.05, 3.63) is 0 Å². The van der Waals surface area contributed by atoms with E-state index in [1.54, 1.807) is 0 Å². The third-order valence-electron chi connectivity index (χ3n) is 3.63. The van der Waals surface area contributed by atoms with Gasteiger partial charge in [0.25, 0.3) is 0 Å². The molecule has 0 radical (unpaired) electrons. The summed E-state index contributed by atoms with van der Waals surface area (Å²) in [5.74, 6) is -0.396. The first kappa shape index (κ1) is 9.00. The van der Waals surface area contributed by atoms with Crippen molar-refractivity contribution < 1.29 is 9.90 Å². The van der Waals surface area contributed by atoms with Crippen LogP contribution in [0.25, 0.3) is 0 Å². The molecular weight excluding hydrogens is 166 g/mol. The molecule has 13 heavy (non-hydrogen) atoms. The first-order chi connectivity index (χ1) is 6.18. The van der Waals surface area contributed by atoms with Gasteiger partial charge in [0, 0.05) is 19.1 Å². The molecule has 1 saturated carbocycles. The van der Waals surface area contributed by atoms with Crippen LogP contribution < -0.4 is 0 Å². The number of carboxylic acids is 1. The number of hydrogen-bond acceptors (Lipinski definition) is 2. The van der Waals surface area contributed by atoms with Crippen LogP contribution in [0.4, 0.5) is 0 Å². The van der Waals surface area contributed by atoms with Gasteiger partial charge in [0.05, 0.1) is 5.92 Å². The molecule has 3 nitrogen and oxygen atoms in total. The first-order valence-corrected chi connectivity index (χ1v) is 5.15. The predicted molar refractivity (Wildman–Crippen MR) is 49.5 cm³/mol. The molecule has 1 N–H and O–H groups in total. The Balaban J connectivity index is 1.74. The van der Waals surface area contributed by atoms with Crippen LogP contribution in [0.1, 0.15) is 26.2 Å². The first-order valence-electron chi connectivity index (χ1n) is 5.15. The second-order valence-corrected chi connectivity index (χ2v) is 4.43. The second-order valence-electron chi connectivity index (χ2n) is 4.43. The van der Waals surface area contributed by atoms with Crippen molar-refractivity contribution in [1.82, 2.24) is 4.90 Å². The van der Waals surface area contributed by atoms with Gasteiger partial charge < -0.3 is 5.11 Å². The third kappa shape index (κ3) is 1.57. The zero-order chi connectivity index (χ0) is 9.42. The smallest absolute Gasteiger partial charge is 0.306 e. The molecule has 0 aromatic heterocycles. The van der Waals surface area contributed by atoms with E-state index in [9.17, 15) is 4.79 Å². The van der Waals surface area contributed by atoms with Crippen LogP contribution in [0.3, 0.4) is 0 Å². The fourth-order valence-corrected chi connectivity index (χ4v) is 2.12. The second kappa shape index (κ2) is 3.29. The Morgan fingerprint density at radius 2 is 2.08 bits per heavy atom. The average molecular weight is 183 g/mol. The van der Waals surface area contributed by atoms with Crippen molar-refractivity contribution in [2.24, 2.45) is 11.8 Å². The highest BCUT2D eigenvalue weighted by Gasteiger charge is 2.39. The van der Waals surface area contributed by atoms with Crippen molar-refractivity contribution in [2.45, 2.75) is 32.2 Å². The molecule has 0 amide bonds. The van der Waals surface area contributed by atoms with Crippen molar-refractivity contribution in [1.29, 1.82) is 0 Å². The zero-order valence-electron chi connectivity index (χ0n) is 8.07. The summed E-state index contributed by atoms with van der Waals surface area (Å²) in [4.78, 5) is 13.1. The summed E-state index contributed by atoms with van der Waals surface area (Å²) in [6.45, 7) is 3.85. The maximum absolute atomic E-state index is 10.7. The van der Waals surface area contributed by atoms with Crippen LogP contribution in [0.15, 0.2) is 0 Å². The van der Waals surface area contributed by atoms with Gasteiger partial charge in [-0.25, -0.2) is 0 Å². The molecule has 1 unspecified atom stereocenters. The minimum absolute atomic E-state index is 0.156. The Kier molecular flexibility index (Phi) is 2.28. The fourth-order valence-electron chi connectivity index (χ4n) is 2.12. The molecule has 0 bridgehead atoms. The Labute approximate surface area is 78.7 Å². The Morgan fingerprint density at radius 3 is 2.46 bits per heavy atom. The minimum Gasteiger partial charge on any atom is -0.481 e. The summed E-state index contributed by atoms with van der Waals surface area (Å²) in [5.41, 5.74) is 0. The third-order valence-corrected chi connectivity index (χ3v) is 3.63. The summed E-state index contributed by atoms with van der Waals surface area (Å²) in [6, 6.07) is 0.789. The van der Waals surface area contributed by atoms with Gasteiger partial charge in [-0.3, -0.25) is 9.69 Å². The highest BCUT2D eigenvalue weighted by molar-refractivity contribution is 5.70. The lowest BCUT2D eigenvalue weighted by Crippen LogP contribution is -2.56. The van der Waals surface area contributed by atoms with Crippen molar-refractivity contribution in [3.63, 3.8) is 0 Å². The van der Waals surface area contributed by atoms with Crippen molar-refractivity contribution in [3.8, 4) is 0 Å². The van der Waals surface area contributed by atoms with E-state index in [1.165, 1.54) is 19.3 Å². The number of aliphatic carboxylic acids is 1. The molecule has 0 aromatic rings.